The number of ether oxygens (including phenoxy) is 1. The smallest absolute Gasteiger partial charge is 0.337 e. The summed E-state index contributed by atoms with van der Waals surface area (Å²) in [5.41, 5.74) is 0.0705. The number of hydrogen-bond acceptors (Lipinski definition) is 6. The predicted molar refractivity (Wildman–Crippen MR) is 97.2 cm³/mol. The Morgan fingerprint density at radius 2 is 1.88 bits per heavy atom. The molecule has 146 valence electrons. The number of carbonyl (C=O) groups is 1. The van der Waals surface area contributed by atoms with Gasteiger partial charge in [-0.15, -0.1) is 0 Å². The number of sulfonamides is 2. The molecule has 0 spiro atoms. The van der Waals surface area contributed by atoms with Crippen molar-refractivity contribution in [1.29, 1.82) is 0 Å². The molecule has 1 aromatic carbocycles. The Balaban J connectivity index is 2.14. The van der Waals surface area contributed by atoms with E-state index < -0.39 is 32.1 Å². The zero-order chi connectivity index (χ0) is 19.5. The van der Waals surface area contributed by atoms with Crippen LogP contribution in [-0.2, 0) is 24.8 Å². The van der Waals surface area contributed by atoms with Gasteiger partial charge in [-0.1, -0.05) is 11.6 Å². The molecule has 1 heterocycles. The summed E-state index contributed by atoms with van der Waals surface area (Å²) in [4.78, 5) is 11.4. The molecule has 1 aliphatic rings. The maximum absolute atomic E-state index is 12.6. The number of rotatable bonds is 6. The molecule has 1 aromatic rings. The van der Waals surface area contributed by atoms with Gasteiger partial charge in [0.15, 0.2) is 0 Å². The van der Waals surface area contributed by atoms with Crippen molar-refractivity contribution in [2.75, 3.05) is 26.0 Å². The number of halogens is 1. The third-order valence-corrected chi connectivity index (χ3v) is 8.06. The topological polar surface area (TPSA) is 110 Å². The number of nitrogens with zero attached hydrogens (tertiary/aromatic N) is 1. The molecule has 2 rings (SSSR count). The maximum Gasteiger partial charge on any atom is 0.337 e. The highest BCUT2D eigenvalue weighted by Gasteiger charge is 2.30. The molecule has 0 unspecified atom stereocenters. The van der Waals surface area contributed by atoms with Crippen LogP contribution in [0.3, 0.4) is 0 Å². The summed E-state index contributed by atoms with van der Waals surface area (Å²) in [5.74, 6) is -0.657. The van der Waals surface area contributed by atoms with Gasteiger partial charge in [0.05, 0.1) is 23.4 Å². The Morgan fingerprint density at radius 1 is 1.27 bits per heavy atom. The van der Waals surface area contributed by atoms with Crippen LogP contribution in [0.25, 0.3) is 0 Å². The van der Waals surface area contributed by atoms with Crippen molar-refractivity contribution in [3.05, 3.63) is 28.8 Å². The summed E-state index contributed by atoms with van der Waals surface area (Å²) in [6, 6.07) is 3.44. The number of piperidine rings is 1. The third-order valence-electron chi connectivity index (χ3n) is 4.18. The maximum atomic E-state index is 12.6. The summed E-state index contributed by atoms with van der Waals surface area (Å²) in [7, 11) is -6.06. The van der Waals surface area contributed by atoms with E-state index in [9.17, 15) is 21.6 Å². The predicted octanol–water partition coefficient (Wildman–Crippen LogP) is 1.22. The van der Waals surface area contributed by atoms with Gasteiger partial charge in [0.1, 0.15) is 4.90 Å². The Bertz CT molecular complexity index is 877. The summed E-state index contributed by atoms with van der Waals surface area (Å²) in [5, 5.41) is -0.0175. The van der Waals surface area contributed by atoms with E-state index in [1.807, 2.05) is 0 Å². The first-order valence-electron chi connectivity index (χ1n) is 7.98. The van der Waals surface area contributed by atoms with E-state index in [0.717, 1.165) is 6.07 Å². The second kappa shape index (κ2) is 8.22. The van der Waals surface area contributed by atoms with Gasteiger partial charge in [-0.2, -0.15) is 0 Å². The molecule has 0 saturated carbocycles. The Morgan fingerprint density at radius 3 is 2.42 bits per heavy atom. The van der Waals surface area contributed by atoms with E-state index >= 15 is 0 Å². The molecule has 0 amide bonds. The van der Waals surface area contributed by atoms with Crippen molar-refractivity contribution in [2.45, 2.75) is 30.7 Å². The number of hydrogen-bond donors (Lipinski definition) is 1. The molecular weight excluding hydrogens is 404 g/mol. The highest BCUT2D eigenvalue weighted by Crippen LogP contribution is 2.24. The van der Waals surface area contributed by atoms with Crippen molar-refractivity contribution in [3.8, 4) is 0 Å². The fourth-order valence-corrected chi connectivity index (χ4v) is 5.63. The molecule has 1 fully saturated rings. The fraction of sp³-hybridized carbons (Fsp3) is 0.533. The first-order valence-corrected chi connectivity index (χ1v) is 11.5. The number of methoxy groups -OCH3 is 1. The van der Waals surface area contributed by atoms with Gasteiger partial charge >= 0.3 is 5.97 Å². The average molecular weight is 425 g/mol. The standard InChI is InChI=1S/C15H21ClN2O6S2/c1-3-25(20,21)18-8-6-12(7-9-18)17-26(22,23)14-10-11(15(19)24-2)4-5-13(14)16/h4-5,10,12,17H,3,6-9H2,1-2H3. The minimum absolute atomic E-state index is 0.0132. The van der Waals surface area contributed by atoms with E-state index in [0.29, 0.717) is 12.8 Å². The van der Waals surface area contributed by atoms with Crippen molar-refractivity contribution in [1.82, 2.24) is 9.03 Å². The number of esters is 1. The molecule has 1 N–H and O–H groups in total. The van der Waals surface area contributed by atoms with Crippen LogP contribution < -0.4 is 4.72 Å². The number of nitrogens with one attached hydrogen (secondary N) is 1. The molecule has 26 heavy (non-hydrogen) atoms. The van der Waals surface area contributed by atoms with Gasteiger partial charge in [-0.05, 0) is 38.0 Å². The zero-order valence-electron chi connectivity index (χ0n) is 14.4. The molecule has 0 bridgehead atoms. The van der Waals surface area contributed by atoms with Crippen LogP contribution in [0.5, 0.6) is 0 Å². The molecule has 8 nitrogen and oxygen atoms in total. The van der Waals surface area contributed by atoms with E-state index in [4.69, 9.17) is 11.6 Å². The van der Waals surface area contributed by atoms with Gasteiger partial charge in [0.2, 0.25) is 20.0 Å². The van der Waals surface area contributed by atoms with Crippen LogP contribution in [0.4, 0.5) is 0 Å². The molecule has 11 heteroatoms. The second-order valence-electron chi connectivity index (χ2n) is 5.83. The van der Waals surface area contributed by atoms with Crippen molar-refractivity contribution >= 4 is 37.6 Å². The lowest BCUT2D eigenvalue weighted by atomic mass is 10.1. The molecule has 0 aromatic heterocycles. The van der Waals surface area contributed by atoms with Crippen molar-refractivity contribution in [2.24, 2.45) is 0 Å². The minimum atomic E-state index is -3.97. The normalized spacial score (nSPS) is 17.2. The van der Waals surface area contributed by atoms with E-state index in [1.54, 1.807) is 6.92 Å². The fourth-order valence-electron chi connectivity index (χ4n) is 2.67. The lowest BCUT2D eigenvalue weighted by Gasteiger charge is -2.31. The Hall–Kier alpha value is -1.20. The first-order chi connectivity index (χ1) is 12.1. The van der Waals surface area contributed by atoms with E-state index in [-0.39, 0.29) is 34.3 Å². The van der Waals surface area contributed by atoms with Crippen LogP contribution in [0, 0.1) is 0 Å². The first kappa shape index (κ1) is 21.1. The second-order valence-corrected chi connectivity index (χ2v) is 10.2. The lowest BCUT2D eigenvalue weighted by Crippen LogP contribution is -2.46. The third kappa shape index (κ3) is 4.74. The molecule has 1 aliphatic heterocycles. The summed E-state index contributed by atoms with van der Waals surface area (Å²) in [6.07, 6.45) is 0.708. The SMILES string of the molecule is CCS(=O)(=O)N1CCC(NS(=O)(=O)c2cc(C(=O)OC)ccc2Cl)CC1. The quantitative estimate of drug-likeness (QED) is 0.687. The molecule has 0 aliphatic carbocycles. The number of carbonyl (C=O) groups excluding carboxylic acids is 1. The van der Waals surface area contributed by atoms with Crippen LogP contribution in [-0.4, -0.2) is 59.1 Å². The van der Waals surface area contributed by atoms with E-state index in [1.165, 1.54) is 23.5 Å². The van der Waals surface area contributed by atoms with Crippen molar-refractivity contribution < 1.29 is 26.4 Å². The Labute approximate surface area is 158 Å². The monoisotopic (exact) mass is 424 g/mol. The van der Waals surface area contributed by atoms with Gasteiger partial charge in [0, 0.05) is 19.1 Å². The highest BCUT2D eigenvalue weighted by atomic mass is 35.5. The van der Waals surface area contributed by atoms with Crippen LogP contribution in [0.15, 0.2) is 23.1 Å². The molecule has 1 saturated heterocycles. The molecular formula is C15H21ClN2O6S2. The summed E-state index contributed by atoms with van der Waals surface area (Å²) < 4.78 is 57.5. The summed E-state index contributed by atoms with van der Waals surface area (Å²) in [6.45, 7) is 2.07. The summed E-state index contributed by atoms with van der Waals surface area (Å²) >= 11 is 5.99. The van der Waals surface area contributed by atoms with Crippen LogP contribution >= 0.6 is 11.6 Å². The molecule has 0 radical (unpaired) electrons. The van der Waals surface area contributed by atoms with Crippen molar-refractivity contribution in [3.63, 3.8) is 0 Å². The largest absolute Gasteiger partial charge is 0.465 e. The highest BCUT2D eigenvalue weighted by molar-refractivity contribution is 7.89. The van der Waals surface area contributed by atoms with Crippen LogP contribution in [0.2, 0.25) is 5.02 Å². The average Bonchev–Trinajstić information content (AvgIpc) is 2.61. The lowest BCUT2D eigenvalue weighted by molar-refractivity contribution is 0.0600. The number of benzene rings is 1. The van der Waals surface area contributed by atoms with E-state index in [2.05, 4.69) is 9.46 Å². The molecule has 0 atom stereocenters. The van der Waals surface area contributed by atoms with Gasteiger partial charge in [-0.3, -0.25) is 0 Å². The van der Waals surface area contributed by atoms with Gasteiger partial charge < -0.3 is 4.74 Å². The zero-order valence-corrected chi connectivity index (χ0v) is 16.8. The minimum Gasteiger partial charge on any atom is -0.465 e. The Kier molecular flexibility index (Phi) is 6.67. The van der Waals surface area contributed by atoms with Gasteiger partial charge in [-0.25, -0.2) is 30.7 Å². The van der Waals surface area contributed by atoms with Gasteiger partial charge in [0.25, 0.3) is 0 Å². The van der Waals surface area contributed by atoms with Crippen LogP contribution in [0.1, 0.15) is 30.1 Å².